The number of ether oxygens (including phenoxy) is 1. The van der Waals surface area contributed by atoms with Gasteiger partial charge in [0.15, 0.2) is 0 Å². The molecule has 1 saturated heterocycles. The van der Waals surface area contributed by atoms with Gasteiger partial charge in [0, 0.05) is 13.1 Å². The summed E-state index contributed by atoms with van der Waals surface area (Å²) < 4.78 is 35.3. The van der Waals surface area contributed by atoms with E-state index in [1.807, 2.05) is 13.0 Å². The molecule has 29 heavy (non-hydrogen) atoms. The van der Waals surface area contributed by atoms with Crippen LogP contribution in [0.1, 0.15) is 11.1 Å². The van der Waals surface area contributed by atoms with E-state index < -0.39 is 10.1 Å². The molecular formula is C21H20N2O5S. The third-order valence-corrected chi connectivity index (χ3v) is 5.60. The molecule has 2 aromatic carbocycles. The van der Waals surface area contributed by atoms with Crippen LogP contribution in [0.2, 0.25) is 0 Å². The Morgan fingerprint density at radius 3 is 2.52 bits per heavy atom. The standard InChI is InChI=1S/C21H20N2O5S/c1-16-5-7-20(8-6-16)29(25,26)28-19-4-2-3-17(14-19)13-18(15-22)21(24)23-9-11-27-12-10-23/h2-8,13-14H,9-12H2,1H3/b18-13+. The van der Waals surface area contributed by atoms with Gasteiger partial charge in [-0.1, -0.05) is 29.8 Å². The van der Waals surface area contributed by atoms with Crippen LogP contribution >= 0.6 is 0 Å². The van der Waals surface area contributed by atoms with E-state index in [4.69, 9.17) is 8.92 Å². The van der Waals surface area contributed by atoms with Crippen LogP contribution in [-0.4, -0.2) is 45.5 Å². The first-order valence-electron chi connectivity index (χ1n) is 8.99. The molecule has 3 rings (SSSR count). The summed E-state index contributed by atoms with van der Waals surface area (Å²) in [7, 11) is -3.99. The van der Waals surface area contributed by atoms with E-state index in [0.29, 0.717) is 31.9 Å². The molecule has 0 unspecified atom stereocenters. The summed E-state index contributed by atoms with van der Waals surface area (Å²) in [6.07, 6.45) is 1.42. The third kappa shape index (κ3) is 5.22. The molecule has 7 nitrogen and oxygen atoms in total. The molecule has 0 aromatic heterocycles. The van der Waals surface area contributed by atoms with Crippen molar-refractivity contribution in [2.24, 2.45) is 0 Å². The molecule has 0 atom stereocenters. The lowest BCUT2D eigenvalue weighted by Crippen LogP contribution is -2.41. The minimum absolute atomic E-state index is 0.0366. The van der Waals surface area contributed by atoms with Crippen LogP contribution in [0.15, 0.2) is 59.0 Å². The van der Waals surface area contributed by atoms with Crippen LogP contribution in [0, 0.1) is 18.3 Å². The number of nitrogens with zero attached hydrogens (tertiary/aromatic N) is 2. The highest BCUT2D eigenvalue weighted by molar-refractivity contribution is 7.87. The largest absolute Gasteiger partial charge is 0.379 e. The number of hydrogen-bond acceptors (Lipinski definition) is 6. The summed E-state index contributed by atoms with van der Waals surface area (Å²) in [4.78, 5) is 14.1. The Bertz CT molecular complexity index is 1060. The van der Waals surface area contributed by atoms with Gasteiger partial charge in [-0.2, -0.15) is 13.7 Å². The summed E-state index contributed by atoms with van der Waals surface area (Å²) in [5.74, 6) is -0.287. The average Bonchev–Trinajstić information content (AvgIpc) is 2.72. The minimum atomic E-state index is -3.99. The molecule has 1 heterocycles. The molecule has 1 aliphatic rings. The highest BCUT2D eigenvalue weighted by Gasteiger charge is 2.21. The number of carbonyl (C=O) groups is 1. The average molecular weight is 412 g/mol. The first-order chi connectivity index (χ1) is 13.9. The van der Waals surface area contributed by atoms with Crippen molar-refractivity contribution in [2.75, 3.05) is 26.3 Å². The van der Waals surface area contributed by atoms with Crippen molar-refractivity contribution in [2.45, 2.75) is 11.8 Å². The van der Waals surface area contributed by atoms with Gasteiger partial charge in [-0.3, -0.25) is 4.79 Å². The van der Waals surface area contributed by atoms with E-state index in [9.17, 15) is 18.5 Å². The zero-order valence-corrected chi connectivity index (χ0v) is 16.7. The Labute approximate surface area is 169 Å². The monoisotopic (exact) mass is 412 g/mol. The van der Waals surface area contributed by atoms with E-state index in [2.05, 4.69) is 0 Å². The number of carbonyl (C=O) groups excluding carboxylic acids is 1. The Morgan fingerprint density at radius 1 is 1.17 bits per heavy atom. The van der Waals surface area contributed by atoms with Crippen molar-refractivity contribution in [1.82, 2.24) is 4.90 Å². The van der Waals surface area contributed by atoms with Gasteiger partial charge in [-0.25, -0.2) is 0 Å². The lowest BCUT2D eigenvalue weighted by Gasteiger charge is -2.26. The second-order valence-corrected chi connectivity index (χ2v) is 8.04. The minimum Gasteiger partial charge on any atom is -0.379 e. The molecule has 0 N–H and O–H groups in total. The van der Waals surface area contributed by atoms with Gasteiger partial charge in [0.2, 0.25) is 0 Å². The van der Waals surface area contributed by atoms with E-state index in [-0.39, 0.29) is 22.1 Å². The number of hydrogen-bond donors (Lipinski definition) is 0. The van der Waals surface area contributed by atoms with E-state index in [1.54, 1.807) is 29.2 Å². The van der Waals surface area contributed by atoms with Crippen molar-refractivity contribution in [3.63, 3.8) is 0 Å². The second kappa shape index (κ2) is 8.90. The number of amides is 1. The van der Waals surface area contributed by atoms with Crippen LogP contribution in [-0.2, 0) is 19.6 Å². The molecule has 0 saturated carbocycles. The van der Waals surface area contributed by atoms with Crippen LogP contribution in [0.25, 0.3) is 6.08 Å². The number of nitriles is 1. The van der Waals surface area contributed by atoms with Gasteiger partial charge < -0.3 is 13.8 Å². The second-order valence-electron chi connectivity index (χ2n) is 6.50. The molecule has 0 radical (unpaired) electrons. The van der Waals surface area contributed by atoms with Crippen LogP contribution in [0.5, 0.6) is 5.75 Å². The van der Waals surface area contributed by atoms with Gasteiger partial charge >= 0.3 is 10.1 Å². The van der Waals surface area contributed by atoms with E-state index in [1.165, 1.54) is 30.3 Å². The van der Waals surface area contributed by atoms with Gasteiger partial charge in [0.25, 0.3) is 5.91 Å². The molecule has 0 spiro atoms. The van der Waals surface area contributed by atoms with E-state index >= 15 is 0 Å². The van der Waals surface area contributed by atoms with Crippen molar-refractivity contribution in [3.05, 3.63) is 65.2 Å². The predicted molar refractivity (Wildman–Crippen MR) is 106 cm³/mol. The predicted octanol–water partition coefficient (Wildman–Crippen LogP) is 2.53. The smallest absolute Gasteiger partial charge is 0.339 e. The molecule has 1 amide bonds. The SMILES string of the molecule is Cc1ccc(S(=O)(=O)Oc2cccc(/C=C(\C#N)C(=O)N3CCOCC3)c2)cc1. The lowest BCUT2D eigenvalue weighted by molar-refractivity contribution is -0.130. The van der Waals surface area contributed by atoms with Gasteiger partial charge in [-0.05, 0) is 42.8 Å². The molecule has 150 valence electrons. The van der Waals surface area contributed by atoms with Crippen molar-refractivity contribution in [1.29, 1.82) is 5.26 Å². The fraction of sp³-hybridized carbons (Fsp3) is 0.238. The fourth-order valence-electron chi connectivity index (χ4n) is 2.78. The van der Waals surface area contributed by atoms with E-state index in [0.717, 1.165) is 5.56 Å². The number of aryl methyl sites for hydroxylation is 1. The molecular weight excluding hydrogens is 392 g/mol. The van der Waals surface area contributed by atoms with Crippen molar-refractivity contribution in [3.8, 4) is 11.8 Å². The maximum Gasteiger partial charge on any atom is 0.339 e. The molecule has 2 aromatic rings. The number of morpholine rings is 1. The Morgan fingerprint density at radius 2 is 1.86 bits per heavy atom. The topological polar surface area (TPSA) is 96.7 Å². The van der Waals surface area contributed by atoms with Gasteiger partial charge in [0.1, 0.15) is 22.3 Å². The Balaban J connectivity index is 1.81. The lowest BCUT2D eigenvalue weighted by atomic mass is 10.1. The molecule has 1 fully saturated rings. The molecule has 1 aliphatic heterocycles. The maximum absolute atomic E-state index is 12.5. The third-order valence-electron chi connectivity index (χ3n) is 4.33. The first-order valence-corrected chi connectivity index (χ1v) is 10.4. The highest BCUT2D eigenvalue weighted by atomic mass is 32.2. The first kappa shape index (κ1) is 20.6. The van der Waals surface area contributed by atoms with Crippen LogP contribution < -0.4 is 4.18 Å². The quantitative estimate of drug-likeness (QED) is 0.425. The normalized spacial score (nSPS) is 14.9. The number of benzene rings is 2. The van der Waals surface area contributed by atoms with Gasteiger partial charge in [0.05, 0.1) is 13.2 Å². The zero-order valence-electron chi connectivity index (χ0n) is 15.9. The highest BCUT2D eigenvalue weighted by Crippen LogP contribution is 2.22. The molecule has 0 aliphatic carbocycles. The fourth-order valence-corrected chi connectivity index (χ4v) is 3.70. The Kier molecular flexibility index (Phi) is 6.32. The van der Waals surface area contributed by atoms with Crippen molar-refractivity contribution < 1.29 is 22.1 Å². The Hall–Kier alpha value is -3.15. The summed E-state index contributed by atoms with van der Waals surface area (Å²) in [6.45, 7) is 3.58. The summed E-state index contributed by atoms with van der Waals surface area (Å²) in [6, 6.07) is 14.5. The van der Waals surface area contributed by atoms with Crippen LogP contribution in [0.3, 0.4) is 0 Å². The summed E-state index contributed by atoms with van der Waals surface area (Å²) >= 11 is 0. The maximum atomic E-state index is 12.5. The van der Waals surface area contributed by atoms with Crippen LogP contribution in [0.4, 0.5) is 0 Å². The summed E-state index contributed by atoms with van der Waals surface area (Å²) in [5, 5.41) is 9.39. The van der Waals surface area contributed by atoms with Crippen molar-refractivity contribution >= 4 is 22.1 Å². The molecule has 8 heteroatoms. The summed E-state index contributed by atoms with van der Waals surface area (Å²) in [5.41, 5.74) is 1.38. The molecule has 0 bridgehead atoms. The van der Waals surface area contributed by atoms with Gasteiger partial charge in [-0.15, -0.1) is 0 Å². The number of rotatable bonds is 5. The zero-order chi connectivity index (χ0) is 20.9.